The van der Waals surface area contributed by atoms with E-state index in [4.69, 9.17) is 11.6 Å². The summed E-state index contributed by atoms with van der Waals surface area (Å²) in [5, 5.41) is 3.26. The highest BCUT2D eigenvalue weighted by molar-refractivity contribution is 7.88. The lowest BCUT2D eigenvalue weighted by atomic mass is 10.2. The van der Waals surface area contributed by atoms with Crippen LogP contribution >= 0.6 is 11.6 Å². The van der Waals surface area contributed by atoms with Crippen molar-refractivity contribution in [3.63, 3.8) is 0 Å². The fraction of sp³-hybridized carbons (Fsp3) is 0.538. The first-order valence-electron chi connectivity index (χ1n) is 6.45. The Kier molecular flexibility index (Phi) is 6.88. The molecule has 0 saturated heterocycles. The molecule has 114 valence electrons. The third-order valence-corrected chi connectivity index (χ3v) is 4.73. The molecule has 0 unspecified atom stereocenters. The summed E-state index contributed by atoms with van der Waals surface area (Å²) >= 11 is 5.84. The molecule has 7 heteroatoms. The van der Waals surface area contributed by atoms with Crippen molar-refractivity contribution < 1.29 is 12.8 Å². The third kappa shape index (κ3) is 5.36. The van der Waals surface area contributed by atoms with Crippen molar-refractivity contribution in [3.05, 3.63) is 34.6 Å². The number of sulfonamides is 1. The molecule has 0 spiro atoms. The zero-order chi connectivity index (χ0) is 15.2. The van der Waals surface area contributed by atoms with Crippen molar-refractivity contribution in [2.45, 2.75) is 19.9 Å². The van der Waals surface area contributed by atoms with Crippen LogP contribution in [-0.4, -0.2) is 38.6 Å². The second-order valence-corrected chi connectivity index (χ2v) is 6.86. The molecule has 1 aromatic carbocycles. The van der Waals surface area contributed by atoms with E-state index in [1.54, 1.807) is 19.1 Å². The summed E-state index contributed by atoms with van der Waals surface area (Å²) in [4.78, 5) is 0. The first-order chi connectivity index (χ1) is 9.36. The molecular weight excluding hydrogens is 303 g/mol. The fourth-order valence-corrected chi connectivity index (χ4v) is 2.97. The minimum Gasteiger partial charge on any atom is -0.313 e. The SMILES string of the molecule is CCN(CCCNCc1cccc(F)c1Cl)S(C)(=O)=O. The van der Waals surface area contributed by atoms with Crippen molar-refractivity contribution in [1.29, 1.82) is 0 Å². The van der Waals surface area contributed by atoms with Crippen LogP contribution in [0.15, 0.2) is 18.2 Å². The molecule has 0 aliphatic rings. The summed E-state index contributed by atoms with van der Waals surface area (Å²) in [6.07, 6.45) is 1.89. The van der Waals surface area contributed by atoms with E-state index in [-0.39, 0.29) is 5.02 Å². The Balaban J connectivity index is 2.34. The summed E-state index contributed by atoms with van der Waals surface area (Å²) in [7, 11) is -3.13. The van der Waals surface area contributed by atoms with Gasteiger partial charge in [0.2, 0.25) is 10.0 Å². The van der Waals surface area contributed by atoms with E-state index in [1.807, 2.05) is 0 Å². The zero-order valence-electron chi connectivity index (χ0n) is 11.7. The average Bonchev–Trinajstić information content (AvgIpc) is 2.37. The van der Waals surface area contributed by atoms with Crippen LogP contribution in [0.5, 0.6) is 0 Å². The normalized spacial score (nSPS) is 12.1. The molecule has 0 amide bonds. The van der Waals surface area contributed by atoms with Gasteiger partial charge < -0.3 is 5.32 Å². The van der Waals surface area contributed by atoms with Gasteiger partial charge in [-0.05, 0) is 24.6 Å². The van der Waals surface area contributed by atoms with Crippen LogP contribution in [0.3, 0.4) is 0 Å². The van der Waals surface area contributed by atoms with E-state index in [0.717, 1.165) is 0 Å². The van der Waals surface area contributed by atoms with E-state index in [9.17, 15) is 12.8 Å². The number of hydrogen-bond donors (Lipinski definition) is 1. The second-order valence-electron chi connectivity index (χ2n) is 4.50. The first-order valence-corrected chi connectivity index (χ1v) is 8.67. The molecule has 0 fully saturated rings. The predicted molar refractivity (Wildman–Crippen MR) is 79.8 cm³/mol. The van der Waals surface area contributed by atoms with E-state index in [1.165, 1.54) is 16.6 Å². The lowest BCUT2D eigenvalue weighted by Crippen LogP contribution is -2.32. The zero-order valence-corrected chi connectivity index (χ0v) is 13.3. The molecule has 0 atom stereocenters. The van der Waals surface area contributed by atoms with Crippen LogP contribution in [0.1, 0.15) is 18.9 Å². The maximum atomic E-state index is 13.2. The van der Waals surface area contributed by atoms with E-state index >= 15 is 0 Å². The molecule has 0 radical (unpaired) electrons. The molecule has 4 nitrogen and oxygen atoms in total. The number of rotatable bonds is 8. The Labute approximate surface area is 125 Å². The molecule has 1 N–H and O–H groups in total. The van der Waals surface area contributed by atoms with Crippen molar-refractivity contribution in [2.75, 3.05) is 25.9 Å². The fourth-order valence-electron chi connectivity index (χ4n) is 1.85. The topological polar surface area (TPSA) is 49.4 Å². The second kappa shape index (κ2) is 7.93. The minimum absolute atomic E-state index is 0.131. The average molecular weight is 323 g/mol. The van der Waals surface area contributed by atoms with Crippen LogP contribution in [0.25, 0.3) is 0 Å². The highest BCUT2D eigenvalue weighted by Crippen LogP contribution is 2.19. The monoisotopic (exact) mass is 322 g/mol. The lowest BCUT2D eigenvalue weighted by Gasteiger charge is -2.17. The van der Waals surface area contributed by atoms with Crippen molar-refractivity contribution in [3.8, 4) is 0 Å². The Bertz CT molecular complexity index is 537. The van der Waals surface area contributed by atoms with Crippen molar-refractivity contribution in [1.82, 2.24) is 9.62 Å². The van der Waals surface area contributed by atoms with E-state index in [0.29, 0.717) is 38.2 Å². The van der Waals surface area contributed by atoms with Crippen LogP contribution in [-0.2, 0) is 16.6 Å². The number of nitrogens with one attached hydrogen (secondary N) is 1. The van der Waals surface area contributed by atoms with Crippen LogP contribution in [0, 0.1) is 5.82 Å². The van der Waals surface area contributed by atoms with Gasteiger partial charge in [-0.3, -0.25) is 0 Å². The molecule has 0 bridgehead atoms. The highest BCUT2D eigenvalue weighted by Gasteiger charge is 2.13. The van der Waals surface area contributed by atoms with Crippen molar-refractivity contribution in [2.24, 2.45) is 0 Å². The Morgan fingerprint density at radius 1 is 1.40 bits per heavy atom. The summed E-state index contributed by atoms with van der Waals surface area (Å²) in [5.41, 5.74) is 0.696. The van der Waals surface area contributed by atoms with Gasteiger partial charge in [0.25, 0.3) is 0 Å². The maximum Gasteiger partial charge on any atom is 0.211 e. The standard InChI is InChI=1S/C13H20ClFN2O2S/c1-3-17(20(2,18)19)9-5-8-16-10-11-6-4-7-12(15)13(11)14/h4,6-7,16H,3,5,8-10H2,1-2H3. The number of nitrogens with zero attached hydrogens (tertiary/aromatic N) is 1. The van der Waals surface area contributed by atoms with Gasteiger partial charge in [0, 0.05) is 19.6 Å². The number of hydrogen-bond acceptors (Lipinski definition) is 3. The molecule has 0 aromatic heterocycles. The van der Waals surface area contributed by atoms with Gasteiger partial charge in [-0.2, -0.15) is 0 Å². The van der Waals surface area contributed by atoms with Crippen LogP contribution < -0.4 is 5.32 Å². The third-order valence-electron chi connectivity index (χ3n) is 2.93. The highest BCUT2D eigenvalue weighted by atomic mass is 35.5. The molecule has 20 heavy (non-hydrogen) atoms. The summed E-state index contributed by atoms with van der Waals surface area (Å²) in [6.45, 7) is 3.84. The lowest BCUT2D eigenvalue weighted by molar-refractivity contribution is 0.419. The molecule has 0 aliphatic carbocycles. The van der Waals surface area contributed by atoms with E-state index < -0.39 is 15.8 Å². The van der Waals surface area contributed by atoms with Gasteiger partial charge in [-0.25, -0.2) is 17.1 Å². The van der Waals surface area contributed by atoms with Gasteiger partial charge in [0.15, 0.2) is 0 Å². The maximum absolute atomic E-state index is 13.2. The molecule has 1 aromatic rings. The van der Waals surface area contributed by atoms with Gasteiger partial charge in [-0.15, -0.1) is 0 Å². The molecule has 0 heterocycles. The summed E-state index contributed by atoms with van der Waals surface area (Å²) in [5.74, 6) is -0.430. The summed E-state index contributed by atoms with van der Waals surface area (Å²) in [6, 6.07) is 4.69. The van der Waals surface area contributed by atoms with E-state index in [2.05, 4.69) is 5.32 Å². The Morgan fingerprint density at radius 3 is 2.70 bits per heavy atom. The van der Waals surface area contributed by atoms with Gasteiger partial charge in [0.1, 0.15) is 5.82 Å². The van der Waals surface area contributed by atoms with Gasteiger partial charge >= 0.3 is 0 Å². The minimum atomic E-state index is -3.13. The predicted octanol–water partition coefficient (Wildman–Crippen LogP) is 2.24. The number of halogens is 2. The van der Waals surface area contributed by atoms with Crippen LogP contribution in [0.2, 0.25) is 5.02 Å². The smallest absolute Gasteiger partial charge is 0.211 e. The quantitative estimate of drug-likeness (QED) is 0.747. The van der Waals surface area contributed by atoms with Gasteiger partial charge in [0.05, 0.1) is 11.3 Å². The van der Waals surface area contributed by atoms with Crippen molar-refractivity contribution >= 4 is 21.6 Å². The molecule has 1 rings (SSSR count). The molecule has 0 saturated carbocycles. The number of benzene rings is 1. The largest absolute Gasteiger partial charge is 0.313 e. The Morgan fingerprint density at radius 2 is 2.10 bits per heavy atom. The van der Waals surface area contributed by atoms with Crippen LogP contribution in [0.4, 0.5) is 4.39 Å². The summed E-state index contributed by atoms with van der Waals surface area (Å²) < 4.78 is 37.4. The molecular formula is C13H20ClFN2O2S. The first kappa shape index (κ1) is 17.4. The Hall–Kier alpha value is -0.690. The van der Waals surface area contributed by atoms with Gasteiger partial charge in [-0.1, -0.05) is 30.7 Å². The molecule has 0 aliphatic heterocycles.